The molecule has 9 heteroatoms. The van der Waals surface area contributed by atoms with Crippen LogP contribution in [-0.4, -0.2) is 36.1 Å². The number of sulfonamides is 1. The number of aromatic nitrogens is 1. The molecule has 2 aromatic rings. The molecule has 1 aliphatic heterocycles. The molecular formula is C20H22N4O4S. The predicted octanol–water partition coefficient (Wildman–Crippen LogP) is 1.60. The molecule has 0 fully saturated rings. The van der Waals surface area contributed by atoms with E-state index in [-0.39, 0.29) is 23.4 Å². The maximum Gasteiger partial charge on any atom is 0.272 e. The van der Waals surface area contributed by atoms with Gasteiger partial charge < -0.3 is 15.0 Å². The van der Waals surface area contributed by atoms with Crippen LogP contribution in [0.5, 0.6) is 0 Å². The number of aliphatic hydroxyl groups is 1. The van der Waals surface area contributed by atoms with Crippen LogP contribution < -0.4 is 10.0 Å². The van der Waals surface area contributed by atoms with Crippen LogP contribution in [0.15, 0.2) is 41.9 Å². The molecule has 1 atom stereocenters. The number of nitrogens with zero attached hydrogens (tertiary/aromatic N) is 2. The van der Waals surface area contributed by atoms with Gasteiger partial charge in [0.25, 0.3) is 5.91 Å². The zero-order valence-electron chi connectivity index (χ0n) is 16.2. The van der Waals surface area contributed by atoms with E-state index in [1.54, 1.807) is 32.2 Å². The molecular weight excluding hydrogens is 392 g/mol. The van der Waals surface area contributed by atoms with Crippen LogP contribution in [0, 0.1) is 18.3 Å². The lowest BCUT2D eigenvalue weighted by molar-refractivity contribution is 0.101. The number of nitrogens with one attached hydrogen (secondary N) is 2. The van der Waals surface area contributed by atoms with Crippen molar-refractivity contribution in [3.63, 3.8) is 0 Å². The molecule has 1 aliphatic rings. The fourth-order valence-electron chi connectivity index (χ4n) is 3.47. The summed E-state index contributed by atoms with van der Waals surface area (Å²) in [7, 11) is -2.36. The Bertz CT molecular complexity index is 1140. The summed E-state index contributed by atoms with van der Waals surface area (Å²) in [5.41, 5.74) is 1.08. The third-order valence-electron chi connectivity index (χ3n) is 5.20. The van der Waals surface area contributed by atoms with Crippen molar-refractivity contribution in [1.29, 1.82) is 5.26 Å². The summed E-state index contributed by atoms with van der Waals surface area (Å²) < 4.78 is 29.7. The van der Waals surface area contributed by atoms with E-state index in [0.717, 1.165) is 5.56 Å². The molecule has 1 amide bonds. The number of nitriles is 1. The Morgan fingerprint density at radius 2 is 2.24 bits per heavy atom. The molecule has 0 saturated carbocycles. The minimum atomic E-state index is -3.96. The second kappa shape index (κ2) is 7.48. The van der Waals surface area contributed by atoms with Gasteiger partial charge in [-0.25, -0.2) is 8.42 Å². The zero-order valence-corrected chi connectivity index (χ0v) is 17.0. The van der Waals surface area contributed by atoms with Crippen LogP contribution in [0.4, 0.5) is 5.69 Å². The van der Waals surface area contributed by atoms with Crippen LogP contribution >= 0.6 is 0 Å². The molecule has 0 radical (unpaired) electrons. The number of carbonyl (C=O) groups excluding carboxylic acids is 1. The number of benzene rings is 1. The third kappa shape index (κ3) is 3.70. The van der Waals surface area contributed by atoms with E-state index in [1.807, 2.05) is 0 Å². The molecule has 0 bridgehead atoms. The molecule has 3 rings (SSSR count). The Morgan fingerprint density at radius 1 is 1.52 bits per heavy atom. The van der Waals surface area contributed by atoms with E-state index >= 15 is 0 Å². The lowest BCUT2D eigenvalue weighted by atomic mass is 9.93. The first-order valence-corrected chi connectivity index (χ1v) is 10.4. The summed E-state index contributed by atoms with van der Waals surface area (Å²) in [4.78, 5) is 13.0. The number of amides is 1. The number of hydrogen-bond donors (Lipinski definition) is 3. The molecule has 152 valence electrons. The Morgan fingerprint density at radius 3 is 2.86 bits per heavy atom. The number of fused-ring (bicyclic) bond motifs is 1. The van der Waals surface area contributed by atoms with Gasteiger partial charge in [0.1, 0.15) is 10.6 Å². The fourth-order valence-corrected chi connectivity index (χ4v) is 5.19. The molecule has 2 heterocycles. The first-order valence-electron chi connectivity index (χ1n) is 8.95. The number of anilines is 1. The van der Waals surface area contributed by atoms with E-state index < -0.39 is 28.1 Å². The van der Waals surface area contributed by atoms with E-state index in [9.17, 15) is 23.6 Å². The minimum Gasteiger partial charge on any atom is -0.394 e. The largest absolute Gasteiger partial charge is 0.394 e. The standard InChI is InChI=1S/C20H22N4O4S/c1-4-20(12-25)8-7-16-17(29(27,28)23-20)11-24(3)18(16)19(26)22-15-6-5-13(2)14(9-15)10-21/h4-6,9,11,23,25H,1,7-8,12H2,2-3H3,(H,22,26). The van der Waals surface area contributed by atoms with E-state index in [0.29, 0.717) is 16.8 Å². The van der Waals surface area contributed by atoms with Gasteiger partial charge in [-0.15, -0.1) is 6.58 Å². The van der Waals surface area contributed by atoms with Crippen molar-refractivity contribution in [2.75, 3.05) is 11.9 Å². The molecule has 1 unspecified atom stereocenters. The topological polar surface area (TPSA) is 124 Å². The highest BCUT2D eigenvalue weighted by atomic mass is 32.2. The first kappa shape index (κ1) is 20.8. The van der Waals surface area contributed by atoms with Gasteiger partial charge in [0.2, 0.25) is 10.0 Å². The maximum absolute atomic E-state index is 13.0. The van der Waals surface area contributed by atoms with E-state index in [1.165, 1.54) is 16.8 Å². The smallest absolute Gasteiger partial charge is 0.272 e. The zero-order chi connectivity index (χ0) is 21.4. The van der Waals surface area contributed by atoms with Gasteiger partial charge in [0.05, 0.1) is 23.8 Å². The summed E-state index contributed by atoms with van der Waals surface area (Å²) in [6.45, 7) is 5.00. The van der Waals surface area contributed by atoms with Crippen molar-refractivity contribution < 1.29 is 18.3 Å². The van der Waals surface area contributed by atoms with Crippen molar-refractivity contribution in [2.24, 2.45) is 7.05 Å². The average molecular weight is 414 g/mol. The third-order valence-corrected chi connectivity index (χ3v) is 6.81. The Hall–Kier alpha value is -2.93. The average Bonchev–Trinajstić information content (AvgIpc) is 2.98. The van der Waals surface area contributed by atoms with Gasteiger partial charge in [-0.1, -0.05) is 12.1 Å². The van der Waals surface area contributed by atoms with Crippen molar-refractivity contribution in [1.82, 2.24) is 9.29 Å². The lowest BCUT2D eigenvalue weighted by Gasteiger charge is -2.27. The summed E-state index contributed by atoms with van der Waals surface area (Å²) in [6.07, 6.45) is 3.28. The van der Waals surface area contributed by atoms with E-state index in [2.05, 4.69) is 22.7 Å². The minimum absolute atomic E-state index is 0.00365. The van der Waals surface area contributed by atoms with E-state index in [4.69, 9.17) is 0 Å². The number of aliphatic hydroxyl groups excluding tert-OH is 1. The number of rotatable bonds is 4. The Labute approximate surface area is 169 Å². The van der Waals surface area contributed by atoms with Gasteiger partial charge >= 0.3 is 0 Å². The summed E-state index contributed by atoms with van der Waals surface area (Å²) in [6, 6.07) is 7.05. The number of hydrogen-bond acceptors (Lipinski definition) is 5. The number of carbonyl (C=O) groups is 1. The summed E-state index contributed by atoms with van der Waals surface area (Å²) >= 11 is 0. The molecule has 0 spiro atoms. The number of aryl methyl sites for hydroxylation is 2. The predicted molar refractivity (Wildman–Crippen MR) is 108 cm³/mol. The van der Waals surface area contributed by atoms with Crippen LogP contribution in [0.25, 0.3) is 0 Å². The Kier molecular flexibility index (Phi) is 5.36. The van der Waals surface area contributed by atoms with Crippen LogP contribution in [-0.2, 0) is 23.5 Å². The molecule has 3 N–H and O–H groups in total. The second-order valence-corrected chi connectivity index (χ2v) is 8.80. The molecule has 1 aromatic carbocycles. The normalized spacial score (nSPS) is 20.2. The Balaban J connectivity index is 2.02. The van der Waals surface area contributed by atoms with Crippen molar-refractivity contribution >= 4 is 21.6 Å². The highest BCUT2D eigenvalue weighted by Gasteiger charge is 2.39. The molecule has 0 aliphatic carbocycles. The molecule has 0 saturated heterocycles. The fraction of sp³-hybridized carbons (Fsp3) is 0.300. The van der Waals surface area contributed by atoms with Crippen LogP contribution in [0.3, 0.4) is 0 Å². The van der Waals surface area contributed by atoms with Gasteiger partial charge in [-0.2, -0.15) is 9.98 Å². The maximum atomic E-state index is 13.0. The van der Waals surface area contributed by atoms with Gasteiger partial charge in [0, 0.05) is 24.5 Å². The molecule has 1 aromatic heterocycles. The highest BCUT2D eigenvalue weighted by Crippen LogP contribution is 2.31. The van der Waals surface area contributed by atoms with Crippen molar-refractivity contribution in [3.8, 4) is 6.07 Å². The van der Waals surface area contributed by atoms with Gasteiger partial charge in [-0.05, 0) is 37.5 Å². The van der Waals surface area contributed by atoms with Crippen LogP contribution in [0.2, 0.25) is 0 Å². The van der Waals surface area contributed by atoms with Gasteiger partial charge in [-0.3, -0.25) is 4.79 Å². The summed E-state index contributed by atoms with van der Waals surface area (Å²) in [5, 5.41) is 21.6. The van der Waals surface area contributed by atoms with Crippen molar-refractivity contribution in [2.45, 2.75) is 30.2 Å². The second-order valence-electron chi connectivity index (χ2n) is 7.15. The molecule has 8 nitrogen and oxygen atoms in total. The SMILES string of the molecule is C=CC1(CO)CCc2c(cn(C)c2C(=O)Nc2ccc(C)c(C#N)c2)S(=O)(=O)N1. The first-order chi connectivity index (χ1) is 13.7. The summed E-state index contributed by atoms with van der Waals surface area (Å²) in [5.74, 6) is -0.480. The van der Waals surface area contributed by atoms with Crippen LogP contribution in [0.1, 0.15) is 33.6 Å². The highest BCUT2D eigenvalue weighted by molar-refractivity contribution is 7.89. The monoisotopic (exact) mass is 414 g/mol. The lowest BCUT2D eigenvalue weighted by Crippen LogP contribution is -2.48. The van der Waals surface area contributed by atoms with Crippen molar-refractivity contribution in [3.05, 3.63) is 59.4 Å². The van der Waals surface area contributed by atoms with Gasteiger partial charge in [0.15, 0.2) is 0 Å². The quantitative estimate of drug-likeness (QED) is 0.656. The molecule has 29 heavy (non-hydrogen) atoms.